The van der Waals surface area contributed by atoms with Crippen LogP contribution in [-0.2, 0) is 9.59 Å². The first-order valence-corrected chi connectivity index (χ1v) is 10.2. The monoisotopic (exact) mass is 350 g/mol. The van der Waals surface area contributed by atoms with Crippen LogP contribution >= 0.6 is 11.8 Å². The maximum Gasteiger partial charge on any atom is 0.224 e. The number of hydrogen-bond donors (Lipinski definition) is 2. The molecule has 3 fully saturated rings. The van der Waals surface area contributed by atoms with Gasteiger partial charge in [-0.05, 0) is 25.2 Å². The molecule has 2 saturated heterocycles. The third kappa shape index (κ3) is 2.68. The SMILES string of the molecule is O=C1CC=C2N(O)CCC3C(C(=O)NC4CCCCC4)CSC23C1. The Morgan fingerprint density at radius 1 is 1.29 bits per heavy atom. The van der Waals surface area contributed by atoms with Crippen LogP contribution in [0.15, 0.2) is 11.8 Å². The summed E-state index contributed by atoms with van der Waals surface area (Å²) in [4.78, 5) is 25.0. The maximum atomic E-state index is 12.9. The number of nitrogens with one attached hydrogen (secondary N) is 1. The van der Waals surface area contributed by atoms with E-state index in [4.69, 9.17) is 0 Å². The largest absolute Gasteiger partial charge is 0.353 e. The first-order chi connectivity index (χ1) is 11.6. The molecule has 2 aliphatic heterocycles. The van der Waals surface area contributed by atoms with E-state index >= 15 is 0 Å². The molecule has 0 radical (unpaired) electrons. The lowest BCUT2D eigenvalue weighted by Gasteiger charge is -2.47. The smallest absolute Gasteiger partial charge is 0.224 e. The molecule has 6 heteroatoms. The number of amides is 1. The van der Waals surface area contributed by atoms with E-state index in [0.717, 1.165) is 30.7 Å². The second-order valence-corrected chi connectivity index (χ2v) is 9.03. The van der Waals surface area contributed by atoms with Crippen LogP contribution < -0.4 is 5.32 Å². The molecule has 24 heavy (non-hydrogen) atoms. The van der Waals surface area contributed by atoms with E-state index in [9.17, 15) is 14.8 Å². The summed E-state index contributed by atoms with van der Waals surface area (Å²) in [5.74, 6) is 1.26. The molecule has 0 aromatic heterocycles. The molecular formula is C18H26N2O3S. The van der Waals surface area contributed by atoms with Gasteiger partial charge in [0.2, 0.25) is 5.91 Å². The fourth-order valence-corrected chi connectivity index (χ4v) is 6.98. The van der Waals surface area contributed by atoms with Crippen LogP contribution in [0.4, 0.5) is 0 Å². The van der Waals surface area contributed by atoms with Gasteiger partial charge in [0, 0.05) is 31.2 Å². The molecule has 0 bridgehead atoms. The van der Waals surface area contributed by atoms with Gasteiger partial charge in [0.1, 0.15) is 5.78 Å². The number of nitrogens with zero attached hydrogens (tertiary/aromatic N) is 1. The van der Waals surface area contributed by atoms with E-state index in [1.807, 2.05) is 6.08 Å². The Morgan fingerprint density at radius 3 is 2.88 bits per heavy atom. The highest BCUT2D eigenvalue weighted by molar-refractivity contribution is 8.01. The van der Waals surface area contributed by atoms with Gasteiger partial charge in [-0.25, -0.2) is 0 Å². The number of hydrogen-bond acceptors (Lipinski definition) is 5. The predicted molar refractivity (Wildman–Crippen MR) is 92.6 cm³/mol. The number of Topliss-reactive ketones (excluding diaryl/α,β-unsaturated/α-hetero) is 1. The first-order valence-electron chi connectivity index (χ1n) is 9.23. The van der Waals surface area contributed by atoms with Crippen molar-refractivity contribution in [3.05, 3.63) is 11.8 Å². The zero-order valence-corrected chi connectivity index (χ0v) is 14.8. The molecule has 5 nitrogen and oxygen atoms in total. The van der Waals surface area contributed by atoms with Crippen LogP contribution in [0.25, 0.3) is 0 Å². The van der Waals surface area contributed by atoms with E-state index in [0.29, 0.717) is 25.4 Å². The molecule has 4 aliphatic rings. The predicted octanol–water partition coefficient (Wildman–Crippen LogP) is 2.50. The van der Waals surface area contributed by atoms with E-state index in [1.54, 1.807) is 11.8 Å². The van der Waals surface area contributed by atoms with Gasteiger partial charge in [-0.3, -0.25) is 19.9 Å². The van der Waals surface area contributed by atoms with E-state index < -0.39 is 0 Å². The normalized spacial score (nSPS) is 36.8. The molecule has 1 amide bonds. The highest BCUT2D eigenvalue weighted by Gasteiger charge is 2.58. The van der Waals surface area contributed by atoms with Crippen molar-refractivity contribution < 1.29 is 14.8 Å². The van der Waals surface area contributed by atoms with E-state index in [2.05, 4.69) is 5.32 Å². The van der Waals surface area contributed by atoms with E-state index in [1.165, 1.54) is 24.3 Å². The summed E-state index contributed by atoms with van der Waals surface area (Å²) < 4.78 is -0.378. The zero-order chi connectivity index (χ0) is 16.7. The van der Waals surface area contributed by atoms with Crippen molar-refractivity contribution >= 4 is 23.5 Å². The minimum atomic E-state index is -0.378. The molecule has 2 heterocycles. The minimum absolute atomic E-state index is 0.0417. The number of rotatable bonds is 2. The van der Waals surface area contributed by atoms with Crippen molar-refractivity contribution in [3.63, 3.8) is 0 Å². The third-order valence-corrected chi connectivity index (χ3v) is 7.94. The Kier molecular flexibility index (Phi) is 4.37. The average Bonchev–Trinajstić information content (AvgIpc) is 2.93. The number of carbonyl (C=O) groups excluding carboxylic acids is 2. The summed E-state index contributed by atoms with van der Waals surface area (Å²) in [6.07, 6.45) is 9.39. The van der Waals surface area contributed by atoms with Gasteiger partial charge >= 0.3 is 0 Å². The lowest BCUT2D eigenvalue weighted by Crippen LogP contribution is -2.52. The van der Waals surface area contributed by atoms with Crippen LogP contribution in [0.5, 0.6) is 0 Å². The quantitative estimate of drug-likeness (QED) is 0.801. The summed E-state index contributed by atoms with van der Waals surface area (Å²) in [5, 5.41) is 14.9. The Morgan fingerprint density at radius 2 is 2.08 bits per heavy atom. The number of carbonyl (C=O) groups is 2. The molecule has 1 saturated carbocycles. The van der Waals surface area contributed by atoms with Crippen molar-refractivity contribution in [2.24, 2.45) is 11.8 Å². The summed E-state index contributed by atoms with van der Waals surface area (Å²) in [7, 11) is 0. The van der Waals surface area contributed by atoms with Crippen molar-refractivity contribution in [1.29, 1.82) is 0 Å². The van der Waals surface area contributed by atoms with Crippen LogP contribution in [-0.4, -0.2) is 45.0 Å². The fourth-order valence-electron chi connectivity index (χ4n) is 5.03. The Hall–Kier alpha value is -1.01. The second kappa shape index (κ2) is 6.37. The van der Waals surface area contributed by atoms with Gasteiger partial charge in [0.15, 0.2) is 0 Å². The highest BCUT2D eigenvalue weighted by Crippen LogP contribution is 2.58. The molecule has 4 rings (SSSR count). The lowest BCUT2D eigenvalue weighted by atomic mass is 9.71. The van der Waals surface area contributed by atoms with Gasteiger partial charge in [0.25, 0.3) is 0 Å². The summed E-state index contributed by atoms with van der Waals surface area (Å²) in [5.41, 5.74) is 0.872. The van der Waals surface area contributed by atoms with Crippen LogP contribution in [0.1, 0.15) is 51.4 Å². The highest BCUT2D eigenvalue weighted by atomic mass is 32.2. The summed E-state index contributed by atoms with van der Waals surface area (Å²) in [6, 6.07) is 0.328. The van der Waals surface area contributed by atoms with Gasteiger partial charge in [-0.15, -0.1) is 11.8 Å². The van der Waals surface area contributed by atoms with Crippen molar-refractivity contribution in [2.75, 3.05) is 12.3 Å². The van der Waals surface area contributed by atoms with Gasteiger partial charge < -0.3 is 5.32 Å². The summed E-state index contributed by atoms with van der Waals surface area (Å²) >= 11 is 1.71. The lowest BCUT2D eigenvalue weighted by molar-refractivity contribution is -0.132. The van der Waals surface area contributed by atoms with Crippen LogP contribution in [0.2, 0.25) is 0 Å². The van der Waals surface area contributed by atoms with Crippen molar-refractivity contribution in [3.8, 4) is 0 Å². The molecule has 2 N–H and O–H groups in total. The Labute approximate surface area is 147 Å². The van der Waals surface area contributed by atoms with Crippen LogP contribution in [0, 0.1) is 11.8 Å². The molecule has 132 valence electrons. The van der Waals surface area contributed by atoms with Crippen LogP contribution in [0.3, 0.4) is 0 Å². The Balaban J connectivity index is 1.53. The number of thioether (sulfide) groups is 1. The molecular weight excluding hydrogens is 324 g/mol. The maximum absolute atomic E-state index is 12.9. The van der Waals surface area contributed by atoms with Crippen molar-refractivity contribution in [1.82, 2.24) is 10.4 Å². The third-order valence-electron chi connectivity index (χ3n) is 6.24. The first kappa shape index (κ1) is 16.5. The number of piperidine rings is 1. The molecule has 3 unspecified atom stereocenters. The second-order valence-electron chi connectivity index (χ2n) is 7.68. The Bertz CT molecular complexity index is 573. The molecule has 1 spiro atoms. The molecule has 2 aliphatic carbocycles. The summed E-state index contributed by atoms with van der Waals surface area (Å²) in [6.45, 7) is 0.556. The number of hydroxylamine groups is 2. The minimum Gasteiger partial charge on any atom is -0.353 e. The fraction of sp³-hybridized carbons (Fsp3) is 0.778. The van der Waals surface area contributed by atoms with Gasteiger partial charge in [-0.1, -0.05) is 25.3 Å². The molecule has 3 atom stereocenters. The zero-order valence-electron chi connectivity index (χ0n) is 14.0. The van der Waals surface area contributed by atoms with Crippen molar-refractivity contribution in [2.45, 2.75) is 62.2 Å². The van der Waals surface area contributed by atoms with Gasteiger partial charge in [0.05, 0.1) is 16.4 Å². The molecule has 0 aromatic carbocycles. The standard InChI is InChI=1S/C18H26N2O3S/c21-13-6-7-16-18(10-13)15(8-9-20(16)23)14(11-24-18)17(22)19-12-4-2-1-3-5-12/h7,12,14-15,23H,1-6,8-11H2,(H,19,22). The number of ketones is 1. The topological polar surface area (TPSA) is 69.6 Å². The number of allylic oxidation sites excluding steroid dienone is 1. The molecule has 0 aromatic rings. The average molecular weight is 350 g/mol. The van der Waals surface area contributed by atoms with E-state index in [-0.39, 0.29) is 28.3 Å². The van der Waals surface area contributed by atoms with Gasteiger partial charge in [-0.2, -0.15) is 0 Å².